The molecule has 100 valence electrons. The third-order valence-corrected chi connectivity index (χ3v) is 4.64. The van der Waals surface area contributed by atoms with Crippen molar-refractivity contribution in [3.8, 4) is 5.75 Å². The second kappa shape index (κ2) is 5.03. The summed E-state index contributed by atoms with van der Waals surface area (Å²) in [6.07, 6.45) is 2.94. The molecule has 3 aromatic rings. The normalized spacial score (nSPS) is 11.4. The Bertz CT molecular complexity index is 820. The van der Waals surface area contributed by atoms with Crippen LogP contribution in [-0.4, -0.2) is 22.2 Å². The molecule has 2 heterocycles. The van der Waals surface area contributed by atoms with Gasteiger partial charge >= 0.3 is 0 Å². The molecule has 0 bridgehead atoms. The van der Waals surface area contributed by atoms with E-state index in [1.54, 1.807) is 6.21 Å². The minimum absolute atomic E-state index is 0.209. The van der Waals surface area contributed by atoms with Gasteiger partial charge in [0.25, 0.3) is 5.91 Å². The van der Waals surface area contributed by atoms with Gasteiger partial charge in [-0.15, -0.1) is 11.3 Å². The monoisotopic (exact) mass is 303 g/mol. The zero-order valence-corrected chi connectivity index (χ0v) is 11.7. The Morgan fingerprint density at radius 1 is 1.35 bits per heavy atom. The van der Waals surface area contributed by atoms with Crippen LogP contribution in [0.15, 0.2) is 35.5 Å². The molecule has 0 atom stereocenters. The number of thiophene rings is 1. The van der Waals surface area contributed by atoms with Crippen LogP contribution >= 0.6 is 22.7 Å². The number of aliphatic imine (C=N–C) groups is 1. The summed E-state index contributed by atoms with van der Waals surface area (Å²) in [5, 5.41) is 11.3. The van der Waals surface area contributed by atoms with Crippen molar-refractivity contribution in [2.24, 2.45) is 10.7 Å². The van der Waals surface area contributed by atoms with E-state index in [0.717, 1.165) is 21.4 Å². The lowest BCUT2D eigenvalue weighted by molar-refractivity contribution is 0.100. The van der Waals surface area contributed by atoms with Crippen LogP contribution in [0.4, 0.5) is 5.13 Å². The van der Waals surface area contributed by atoms with E-state index in [2.05, 4.69) is 9.98 Å². The molecule has 0 aliphatic carbocycles. The first-order valence-electron chi connectivity index (χ1n) is 5.65. The Hall–Kier alpha value is -2.25. The quantitative estimate of drug-likeness (QED) is 0.729. The number of rotatable bonds is 3. The number of thiazole rings is 1. The standard InChI is InChI=1S/C13H9N3O2S2/c14-12(18)10-6-16-13(20-10)15-5-9-11(17)7-3-1-2-4-8(7)19-9/h1-6,17H,(H2,14,18)/b15-5+. The fourth-order valence-electron chi connectivity index (χ4n) is 1.69. The number of hydrogen-bond donors (Lipinski definition) is 2. The van der Waals surface area contributed by atoms with Crippen molar-refractivity contribution in [3.63, 3.8) is 0 Å². The SMILES string of the molecule is NC(=O)c1cnc(/N=C/c2sc3ccccc3c2O)s1. The molecule has 0 saturated carbocycles. The van der Waals surface area contributed by atoms with Gasteiger partial charge in [-0.25, -0.2) is 9.98 Å². The van der Waals surface area contributed by atoms with Gasteiger partial charge < -0.3 is 10.8 Å². The first-order chi connectivity index (χ1) is 9.65. The minimum Gasteiger partial charge on any atom is -0.506 e. The Kier molecular flexibility index (Phi) is 3.21. The van der Waals surface area contributed by atoms with Gasteiger partial charge in [0, 0.05) is 10.1 Å². The number of carbonyl (C=O) groups excluding carboxylic acids is 1. The van der Waals surface area contributed by atoms with Crippen LogP contribution in [0.25, 0.3) is 10.1 Å². The van der Waals surface area contributed by atoms with Crippen LogP contribution < -0.4 is 5.73 Å². The lowest BCUT2D eigenvalue weighted by Crippen LogP contribution is -2.08. The summed E-state index contributed by atoms with van der Waals surface area (Å²) in [6, 6.07) is 7.58. The van der Waals surface area contributed by atoms with Gasteiger partial charge in [0.15, 0.2) is 0 Å². The van der Waals surface area contributed by atoms with Crippen molar-refractivity contribution in [2.45, 2.75) is 0 Å². The summed E-state index contributed by atoms with van der Waals surface area (Å²) in [6.45, 7) is 0. The zero-order valence-electron chi connectivity index (χ0n) is 10.1. The molecular formula is C13H9N3O2S2. The van der Waals surface area contributed by atoms with Crippen LogP contribution in [-0.2, 0) is 0 Å². The molecule has 0 saturated heterocycles. The van der Waals surface area contributed by atoms with Crippen LogP contribution in [0.5, 0.6) is 5.75 Å². The molecule has 5 nitrogen and oxygen atoms in total. The third-order valence-electron chi connectivity index (χ3n) is 2.62. The van der Waals surface area contributed by atoms with Crippen molar-refractivity contribution in [3.05, 3.63) is 40.2 Å². The highest BCUT2D eigenvalue weighted by molar-refractivity contribution is 7.21. The maximum absolute atomic E-state index is 11.0. The topological polar surface area (TPSA) is 88.6 Å². The van der Waals surface area contributed by atoms with Crippen molar-refractivity contribution < 1.29 is 9.90 Å². The lowest BCUT2D eigenvalue weighted by Gasteiger charge is -1.89. The summed E-state index contributed by atoms with van der Waals surface area (Å²) in [5.41, 5.74) is 5.15. The third kappa shape index (κ3) is 2.28. The summed E-state index contributed by atoms with van der Waals surface area (Å²) < 4.78 is 0.989. The van der Waals surface area contributed by atoms with Gasteiger partial charge in [0.2, 0.25) is 5.13 Å². The van der Waals surface area contributed by atoms with Gasteiger partial charge in [-0.3, -0.25) is 4.79 Å². The fourth-order valence-corrected chi connectivity index (χ4v) is 3.27. The number of carbonyl (C=O) groups is 1. The van der Waals surface area contributed by atoms with E-state index in [1.165, 1.54) is 17.5 Å². The van der Waals surface area contributed by atoms with E-state index in [4.69, 9.17) is 5.73 Å². The maximum Gasteiger partial charge on any atom is 0.260 e. The smallest absolute Gasteiger partial charge is 0.260 e. The van der Waals surface area contributed by atoms with Crippen molar-refractivity contribution in [2.75, 3.05) is 0 Å². The molecule has 0 unspecified atom stereocenters. The number of aromatic nitrogens is 1. The van der Waals surface area contributed by atoms with Crippen LogP contribution in [0.1, 0.15) is 14.5 Å². The van der Waals surface area contributed by atoms with Gasteiger partial charge in [0.1, 0.15) is 10.6 Å². The fraction of sp³-hybridized carbons (Fsp3) is 0. The van der Waals surface area contributed by atoms with Crippen LogP contribution in [0.2, 0.25) is 0 Å². The average Bonchev–Trinajstić information content (AvgIpc) is 3.03. The molecular weight excluding hydrogens is 294 g/mol. The second-order valence-corrected chi connectivity index (χ2v) is 6.03. The number of benzene rings is 1. The van der Waals surface area contributed by atoms with E-state index in [1.807, 2.05) is 24.3 Å². The van der Waals surface area contributed by atoms with E-state index < -0.39 is 5.91 Å². The second-order valence-electron chi connectivity index (χ2n) is 3.94. The molecule has 1 aromatic carbocycles. The molecule has 0 spiro atoms. The van der Waals surface area contributed by atoms with Crippen molar-refractivity contribution in [1.82, 2.24) is 4.98 Å². The summed E-state index contributed by atoms with van der Waals surface area (Å²) in [4.78, 5) is 20.1. The summed E-state index contributed by atoms with van der Waals surface area (Å²) >= 11 is 2.55. The zero-order chi connectivity index (χ0) is 14.1. The Balaban J connectivity index is 1.93. The Morgan fingerprint density at radius 3 is 2.85 bits per heavy atom. The van der Waals surface area contributed by atoms with E-state index in [9.17, 15) is 9.90 Å². The molecule has 2 aromatic heterocycles. The number of amides is 1. The predicted molar refractivity (Wildman–Crippen MR) is 81.4 cm³/mol. The molecule has 0 aliphatic rings. The molecule has 7 heteroatoms. The van der Waals surface area contributed by atoms with Gasteiger partial charge in [-0.2, -0.15) is 0 Å². The Labute approximate surface area is 122 Å². The van der Waals surface area contributed by atoms with Crippen molar-refractivity contribution in [1.29, 1.82) is 0 Å². The highest BCUT2D eigenvalue weighted by atomic mass is 32.1. The number of hydrogen-bond acceptors (Lipinski definition) is 6. The van der Waals surface area contributed by atoms with Gasteiger partial charge in [-0.1, -0.05) is 23.5 Å². The number of nitrogens with two attached hydrogens (primary N) is 1. The summed E-state index contributed by atoms with van der Waals surface area (Å²) in [5.74, 6) is -0.310. The first kappa shape index (κ1) is 12.8. The Morgan fingerprint density at radius 2 is 2.15 bits per heavy atom. The predicted octanol–water partition coefficient (Wildman–Crippen LogP) is 2.91. The van der Waals surface area contributed by atoms with Crippen LogP contribution in [0, 0.1) is 0 Å². The molecule has 0 fully saturated rings. The minimum atomic E-state index is -0.520. The lowest BCUT2D eigenvalue weighted by atomic mass is 10.2. The van der Waals surface area contributed by atoms with Gasteiger partial charge in [-0.05, 0) is 12.1 Å². The molecule has 0 radical (unpaired) electrons. The highest BCUT2D eigenvalue weighted by Crippen LogP contribution is 2.35. The number of primary amides is 1. The molecule has 3 rings (SSSR count). The van der Waals surface area contributed by atoms with Gasteiger partial charge in [0.05, 0.1) is 17.3 Å². The van der Waals surface area contributed by atoms with E-state index >= 15 is 0 Å². The van der Waals surface area contributed by atoms with E-state index in [-0.39, 0.29) is 5.75 Å². The maximum atomic E-state index is 11.0. The van der Waals surface area contributed by atoms with E-state index in [0.29, 0.717) is 14.9 Å². The largest absolute Gasteiger partial charge is 0.506 e. The molecule has 1 amide bonds. The number of fused-ring (bicyclic) bond motifs is 1. The van der Waals surface area contributed by atoms with Crippen LogP contribution in [0.3, 0.4) is 0 Å². The molecule has 0 aliphatic heterocycles. The number of aromatic hydroxyl groups is 1. The average molecular weight is 303 g/mol. The molecule has 20 heavy (non-hydrogen) atoms. The summed E-state index contributed by atoms with van der Waals surface area (Å²) in [7, 11) is 0. The first-order valence-corrected chi connectivity index (χ1v) is 7.28. The van der Waals surface area contributed by atoms with Crippen molar-refractivity contribution >= 4 is 50.0 Å². The number of nitrogens with zero attached hydrogens (tertiary/aromatic N) is 2. The highest BCUT2D eigenvalue weighted by Gasteiger charge is 2.09. The molecule has 3 N–H and O–H groups in total.